The molecule has 0 bridgehead atoms. The molecule has 0 saturated heterocycles. The number of anilines is 1. The molecule has 1 aliphatic carbocycles. The number of ether oxygens (including phenoxy) is 2. The van der Waals surface area contributed by atoms with E-state index in [2.05, 4.69) is 5.32 Å². The van der Waals surface area contributed by atoms with Crippen LogP contribution in [0.3, 0.4) is 0 Å². The first-order valence-corrected chi connectivity index (χ1v) is 6.00. The van der Waals surface area contributed by atoms with Crippen LogP contribution in [0.1, 0.15) is 12.0 Å². The van der Waals surface area contributed by atoms with Gasteiger partial charge in [-0.25, -0.2) is 0 Å². The minimum Gasteiger partial charge on any atom is -0.481 e. The Morgan fingerprint density at radius 2 is 1.95 bits per heavy atom. The molecule has 1 amide bonds. The average Bonchev–Trinajstić information content (AvgIpc) is 3.05. The summed E-state index contributed by atoms with van der Waals surface area (Å²) >= 11 is 0. The van der Waals surface area contributed by atoms with E-state index in [1.807, 2.05) is 6.92 Å². The maximum Gasteiger partial charge on any atom is 0.307 e. The average molecular weight is 263 g/mol. The van der Waals surface area contributed by atoms with Gasteiger partial charge in [0, 0.05) is 11.8 Å². The van der Waals surface area contributed by atoms with Crippen LogP contribution in [0.2, 0.25) is 0 Å². The van der Waals surface area contributed by atoms with Crippen LogP contribution >= 0.6 is 0 Å². The van der Waals surface area contributed by atoms with Crippen molar-refractivity contribution >= 4 is 17.6 Å². The van der Waals surface area contributed by atoms with Crippen LogP contribution in [0.5, 0.6) is 11.5 Å². The van der Waals surface area contributed by atoms with Crippen molar-refractivity contribution < 1.29 is 24.2 Å². The van der Waals surface area contributed by atoms with Crippen molar-refractivity contribution in [3.63, 3.8) is 0 Å². The van der Waals surface area contributed by atoms with E-state index in [0.29, 0.717) is 23.6 Å². The van der Waals surface area contributed by atoms with Crippen LogP contribution in [0, 0.1) is 18.8 Å². The Morgan fingerprint density at radius 3 is 2.58 bits per heavy atom. The van der Waals surface area contributed by atoms with E-state index in [4.69, 9.17) is 14.6 Å². The second-order valence-corrected chi connectivity index (χ2v) is 4.80. The Morgan fingerprint density at radius 1 is 1.26 bits per heavy atom. The van der Waals surface area contributed by atoms with E-state index in [9.17, 15) is 9.59 Å². The van der Waals surface area contributed by atoms with Crippen LogP contribution in [0.25, 0.3) is 0 Å². The molecule has 1 aromatic rings. The summed E-state index contributed by atoms with van der Waals surface area (Å²) in [5.74, 6) is -0.898. The quantitative estimate of drug-likeness (QED) is 0.860. The van der Waals surface area contributed by atoms with Gasteiger partial charge >= 0.3 is 5.97 Å². The molecule has 2 aliphatic rings. The molecule has 2 N–H and O–H groups in total. The fourth-order valence-corrected chi connectivity index (χ4v) is 2.16. The monoisotopic (exact) mass is 263 g/mol. The first-order valence-electron chi connectivity index (χ1n) is 6.00. The van der Waals surface area contributed by atoms with E-state index in [-0.39, 0.29) is 12.7 Å². The summed E-state index contributed by atoms with van der Waals surface area (Å²) in [6.07, 6.45) is 0.408. The Labute approximate surface area is 109 Å². The SMILES string of the molecule is Cc1cc2c(cc1NC(=O)[C@@H]1C[C@@H]1C(=O)O)OCO2. The summed E-state index contributed by atoms with van der Waals surface area (Å²) in [7, 11) is 0. The molecular formula is C13H13NO5. The summed E-state index contributed by atoms with van der Waals surface area (Å²) < 4.78 is 10.5. The minimum absolute atomic E-state index is 0.176. The molecule has 0 radical (unpaired) electrons. The highest BCUT2D eigenvalue weighted by Crippen LogP contribution is 2.41. The normalized spacial score (nSPS) is 23.0. The predicted octanol–water partition coefficient (Wildman–Crippen LogP) is 1.38. The molecular weight excluding hydrogens is 250 g/mol. The summed E-state index contributed by atoms with van der Waals surface area (Å²) in [5.41, 5.74) is 1.48. The van der Waals surface area contributed by atoms with E-state index in [1.165, 1.54) is 0 Å². The Bertz CT molecular complexity index is 568. The van der Waals surface area contributed by atoms with Crippen LogP contribution in [-0.4, -0.2) is 23.8 Å². The predicted molar refractivity (Wildman–Crippen MR) is 65.2 cm³/mol. The number of carbonyl (C=O) groups is 2. The third kappa shape index (κ3) is 2.09. The molecule has 100 valence electrons. The van der Waals surface area contributed by atoms with Gasteiger partial charge in [0.1, 0.15) is 0 Å². The van der Waals surface area contributed by atoms with Crippen molar-refractivity contribution in [2.24, 2.45) is 11.8 Å². The zero-order valence-electron chi connectivity index (χ0n) is 10.3. The maximum atomic E-state index is 11.9. The number of rotatable bonds is 3. The second-order valence-electron chi connectivity index (χ2n) is 4.80. The second kappa shape index (κ2) is 4.15. The van der Waals surface area contributed by atoms with Gasteiger partial charge in [-0.05, 0) is 25.0 Å². The number of aryl methyl sites for hydroxylation is 1. The lowest BCUT2D eigenvalue weighted by Crippen LogP contribution is -2.17. The van der Waals surface area contributed by atoms with Gasteiger partial charge in [-0.15, -0.1) is 0 Å². The van der Waals surface area contributed by atoms with E-state index < -0.39 is 17.8 Å². The van der Waals surface area contributed by atoms with Crippen LogP contribution in [0.15, 0.2) is 12.1 Å². The van der Waals surface area contributed by atoms with Gasteiger partial charge in [-0.1, -0.05) is 0 Å². The molecule has 0 spiro atoms. The molecule has 1 aromatic carbocycles. The van der Waals surface area contributed by atoms with Crippen LogP contribution in [-0.2, 0) is 9.59 Å². The summed E-state index contributed by atoms with van der Waals surface area (Å²) in [6, 6.07) is 3.49. The van der Waals surface area contributed by atoms with E-state index in [1.54, 1.807) is 12.1 Å². The van der Waals surface area contributed by atoms with Gasteiger partial charge in [0.2, 0.25) is 12.7 Å². The van der Waals surface area contributed by atoms with Crippen LogP contribution < -0.4 is 14.8 Å². The molecule has 6 heteroatoms. The van der Waals surface area contributed by atoms with Gasteiger partial charge in [0.05, 0.1) is 11.8 Å². The van der Waals surface area contributed by atoms with Gasteiger partial charge in [-0.2, -0.15) is 0 Å². The molecule has 1 aliphatic heterocycles. The van der Waals surface area contributed by atoms with Crippen LogP contribution in [0.4, 0.5) is 5.69 Å². The standard InChI is InChI=1S/C13H13NO5/c1-6-2-10-11(19-5-18-10)4-9(6)14-12(15)7-3-8(7)13(16)17/h2,4,7-8H,3,5H2,1H3,(H,14,15)(H,16,17)/t7-,8+/m1/s1. The Kier molecular flexibility index (Phi) is 2.58. The molecule has 6 nitrogen and oxygen atoms in total. The van der Waals surface area contributed by atoms with Gasteiger partial charge in [-0.3, -0.25) is 9.59 Å². The number of aliphatic carboxylic acids is 1. The number of carbonyl (C=O) groups excluding carboxylic acids is 1. The fraction of sp³-hybridized carbons (Fsp3) is 0.385. The number of amides is 1. The lowest BCUT2D eigenvalue weighted by atomic mass is 10.1. The number of carboxylic acid groups (broad SMARTS) is 1. The third-order valence-corrected chi connectivity index (χ3v) is 3.42. The van der Waals surface area contributed by atoms with Crippen molar-refractivity contribution in [3.8, 4) is 11.5 Å². The lowest BCUT2D eigenvalue weighted by Gasteiger charge is -2.09. The number of fused-ring (bicyclic) bond motifs is 1. The first-order chi connectivity index (χ1) is 9.06. The fourth-order valence-electron chi connectivity index (χ4n) is 2.16. The minimum atomic E-state index is -0.914. The topological polar surface area (TPSA) is 84.9 Å². The van der Waals surface area contributed by atoms with Crippen molar-refractivity contribution in [1.29, 1.82) is 0 Å². The zero-order chi connectivity index (χ0) is 13.6. The number of hydrogen-bond acceptors (Lipinski definition) is 4. The molecule has 0 aromatic heterocycles. The van der Waals surface area contributed by atoms with Crippen molar-refractivity contribution in [2.75, 3.05) is 12.1 Å². The largest absolute Gasteiger partial charge is 0.481 e. The highest BCUT2D eigenvalue weighted by Gasteiger charge is 2.48. The highest BCUT2D eigenvalue weighted by molar-refractivity contribution is 5.98. The van der Waals surface area contributed by atoms with E-state index >= 15 is 0 Å². The molecule has 1 heterocycles. The maximum absolute atomic E-state index is 11.9. The first kappa shape index (κ1) is 11.8. The van der Waals surface area contributed by atoms with Crippen molar-refractivity contribution in [3.05, 3.63) is 17.7 Å². The Balaban J connectivity index is 1.74. The van der Waals surface area contributed by atoms with Crippen molar-refractivity contribution in [2.45, 2.75) is 13.3 Å². The van der Waals surface area contributed by atoms with Gasteiger partial charge < -0.3 is 19.9 Å². The molecule has 0 unspecified atom stereocenters. The molecule has 2 atom stereocenters. The molecule has 3 rings (SSSR count). The highest BCUT2D eigenvalue weighted by atomic mass is 16.7. The van der Waals surface area contributed by atoms with E-state index in [0.717, 1.165) is 5.56 Å². The summed E-state index contributed by atoms with van der Waals surface area (Å²) in [4.78, 5) is 22.6. The zero-order valence-corrected chi connectivity index (χ0v) is 10.3. The lowest BCUT2D eigenvalue weighted by molar-refractivity contribution is -0.139. The number of benzene rings is 1. The molecule has 1 fully saturated rings. The molecule has 19 heavy (non-hydrogen) atoms. The van der Waals surface area contributed by atoms with Gasteiger partial charge in [0.15, 0.2) is 11.5 Å². The number of hydrogen-bond donors (Lipinski definition) is 2. The summed E-state index contributed by atoms with van der Waals surface area (Å²) in [5, 5.41) is 11.6. The third-order valence-electron chi connectivity index (χ3n) is 3.42. The Hall–Kier alpha value is -2.24. The van der Waals surface area contributed by atoms with Crippen molar-refractivity contribution in [1.82, 2.24) is 0 Å². The summed E-state index contributed by atoms with van der Waals surface area (Å²) in [6.45, 7) is 2.02. The smallest absolute Gasteiger partial charge is 0.307 e. The number of nitrogens with one attached hydrogen (secondary N) is 1. The number of carboxylic acids is 1. The van der Waals surface area contributed by atoms with Gasteiger partial charge in [0.25, 0.3) is 0 Å². The molecule has 1 saturated carbocycles.